The van der Waals surface area contributed by atoms with E-state index in [0.29, 0.717) is 57.8 Å². The second-order valence-corrected chi connectivity index (χ2v) is 22.6. The zero-order valence-corrected chi connectivity index (χ0v) is 39.6. The number of hydrogen-bond donors (Lipinski definition) is 6. The molecule has 4 aliphatic carbocycles. The first-order valence-corrected chi connectivity index (χ1v) is 23.2. The van der Waals surface area contributed by atoms with Gasteiger partial charge in [0.1, 0.15) is 0 Å². The van der Waals surface area contributed by atoms with Gasteiger partial charge < -0.3 is 30.6 Å². The Balaban J connectivity index is 0.000000350. The molecule has 0 spiro atoms. The van der Waals surface area contributed by atoms with Crippen LogP contribution in [-0.4, -0.2) is 90.0 Å². The van der Waals surface area contributed by atoms with E-state index in [-0.39, 0.29) is 53.4 Å². The maximum atomic E-state index is 13.1. The molecule has 4 rings (SSSR count). The number of halogens is 12. The Hall–Kier alpha value is -1.78. The normalized spacial score (nSPS) is 31.2. The van der Waals surface area contributed by atoms with E-state index in [1.807, 2.05) is 13.8 Å². The fourth-order valence-electron chi connectivity index (χ4n) is 12.8. The molecule has 0 saturated heterocycles. The van der Waals surface area contributed by atoms with Gasteiger partial charge in [-0.05, 0) is 168 Å². The second kappa shape index (κ2) is 20.1. The molecule has 0 amide bonds. The third kappa shape index (κ3) is 12.9. The maximum Gasteiger partial charge on any atom is 0.438 e. The first-order valence-electron chi connectivity index (χ1n) is 23.2. The first-order chi connectivity index (χ1) is 29.5. The summed E-state index contributed by atoms with van der Waals surface area (Å²) >= 11 is 0. The molecule has 6 nitrogen and oxygen atoms in total. The van der Waals surface area contributed by atoms with Crippen LogP contribution in [-0.2, 0) is 0 Å². The molecule has 4 fully saturated rings. The summed E-state index contributed by atoms with van der Waals surface area (Å²) in [5.74, 6) is 3.18. The Bertz CT molecular complexity index is 1660. The van der Waals surface area contributed by atoms with Crippen molar-refractivity contribution in [2.45, 2.75) is 230 Å². The van der Waals surface area contributed by atoms with Crippen LogP contribution in [0.5, 0.6) is 0 Å². The Morgan fingerprint density at radius 2 is 0.909 bits per heavy atom. The number of fused-ring (bicyclic) bond motifs is 2. The number of hydrogen-bond acceptors (Lipinski definition) is 6. The molecule has 4 saturated carbocycles. The largest absolute Gasteiger partial charge is 0.438 e. The molecule has 0 bridgehead atoms. The fourth-order valence-corrected chi connectivity index (χ4v) is 12.8. The van der Waals surface area contributed by atoms with Crippen molar-refractivity contribution in [2.24, 2.45) is 45.3 Å². The lowest BCUT2D eigenvalue weighted by atomic mass is 9.56. The Kier molecular flexibility index (Phi) is 17.9. The van der Waals surface area contributed by atoms with Gasteiger partial charge in [-0.25, -0.2) is 0 Å². The third-order valence-corrected chi connectivity index (χ3v) is 16.3. The predicted molar refractivity (Wildman–Crippen MR) is 225 cm³/mol. The van der Waals surface area contributed by atoms with E-state index >= 15 is 0 Å². The van der Waals surface area contributed by atoms with Crippen LogP contribution >= 0.6 is 0 Å². The lowest BCUT2D eigenvalue weighted by Crippen LogP contribution is -2.55. The molecule has 6 N–H and O–H groups in total. The SMILES string of the molecule is CC(C)(O)CCC[C@](C)(C/C=C\C(O)(C(F)(F)F)C(F)(F)F)[C@H]1CCC2[C@@H](O)CCC[C@@]21C.CC(C)(O)CCC[C@](C)(CC#CC(O)(C(F)(F)F)C(F)(F)F)[C@H]1CCC2[C@@H](O)CCC[C@@]21C. The van der Waals surface area contributed by atoms with Crippen molar-refractivity contribution in [3.05, 3.63) is 12.2 Å². The zero-order valence-electron chi connectivity index (χ0n) is 39.6. The van der Waals surface area contributed by atoms with E-state index in [2.05, 4.69) is 19.8 Å². The molecule has 0 aliphatic heterocycles. The molecule has 66 heavy (non-hydrogen) atoms. The number of allylic oxidation sites excluding steroid dienone is 1. The van der Waals surface area contributed by atoms with Gasteiger partial charge >= 0.3 is 30.3 Å². The highest BCUT2D eigenvalue weighted by Crippen LogP contribution is 2.64. The third-order valence-electron chi connectivity index (χ3n) is 16.3. The van der Waals surface area contributed by atoms with E-state index in [0.717, 1.165) is 56.9 Å². The number of aliphatic hydroxyl groups excluding tert-OH is 2. The molecule has 0 aromatic heterocycles. The smallest absolute Gasteiger partial charge is 0.393 e. The first kappa shape index (κ1) is 58.5. The molecule has 0 aromatic rings. The quantitative estimate of drug-likeness (QED) is 0.0586. The molecule has 18 heteroatoms. The van der Waals surface area contributed by atoms with Crippen LogP contribution in [0.1, 0.15) is 171 Å². The van der Waals surface area contributed by atoms with Crippen molar-refractivity contribution < 1.29 is 83.3 Å². The monoisotopic (exact) mass is 975 g/mol. The van der Waals surface area contributed by atoms with Crippen LogP contribution in [0, 0.1) is 57.2 Å². The van der Waals surface area contributed by atoms with Crippen LogP contribution < -0.4 is 0 Å². The summed E-state index contributed by atoms with van der Waals surface area (Å²) in [6.45, 7) is 14.4. The Labute approximate surface area is 382 Å². The minimum Gasteiger partial charge on any atom is -0.393 e. The van der Waals surface area contributed by atoms with Gasteiger partial charge in [0.15, 0.2) is 0 Å². The fraction of sp³-hybridized carbons (Fsp3) is 0.917. The molecule has 0 heterocycles. The summed E-state index contributed by atoms with van der Waals surface area (Å²) < 4.78 is 157. The summed E-state index contributed by atoms with van der Waals surface area (Å²) in [5, 5.41) is 60.1. The molecule has 386 valence electrons. The highest BCUT2D eigenvalue weighted by Gasteiger charge is 2.71. The van der Waals surface area contributed by atoms with Gasteiger partial charge in [-0.3, -0.25) is 0 Å². The molecule has 10 atom stereocenters. The number of alkyl halides is 12. The Morgan fingerprint density at radius 3 is 1.27 bits per heavy atom. The standard InChI is InChI=1S/C24H38F6O3.C24H36F6O3/c2*1-19(2,32)11-6-12-20(3,13-7-15-22(33,23(25,26)27)24(28,29)30)18-10-9-16-17(31)8-5-14-21(16,18)4/h7,15-18,31-33H,5-6,8-14H2,1-4H3;16-18,31-33H,5-6,8-14H2,1-4H3/b15-7-;/t2*16?,17-,18+,20+,21-/m00/s1. The summed E-state index contributed by atoms with van der Waals surface area (Å²) in [6, 6.07) is 0. The van der Waals surface area contributed by atoms with Crippen LogP contribution in [0.2, 0.25) is 0 Å². The average molecular weight is 975 g/mol. The van der Waals surface area contributed by atoms with Crippen molar-refractivity contribution in [1.82, 2.24) is 0 Å². The van der Waals surface area contributed by atoms with Crippen LogP contribution in [0.25, 0.3) is 0 Å². The van der Waals surface area contributed by atoms with Crippen molar-refractivity contribution in [1.29, 1.82) is 0 Å². The van der Waals surface area contributed by atoms with Gasteiger partial charge in [0.05, 0.1) is 23.4 Å². The predicted octanol–water partition coefficient (Wildman–Crippen LogP) is 12.1. The molecule has 0 aromatic carbocycles. The molecular formula is C48H74F12O6. The minimum atomic E-state index is -5.98. The van der Waals surface area contributed by atoms with Crippen LogP contribution in [0.4, 0.5) is 52.7 Å². The van der Waals surface area contributed by atoms with Crippen LogP contribution in [0.3, 0.4) is 0 Å². The highest BCUT2D eigenvalue weighted by atomic mass is 19.4. The van der Waals surface area contributed by atoms with Gasteiger partial charge in [-0.15, -0.1) is 0 Å². The van der Waals surface area contributed by atoms with E-state index in [4.69, 9.17) is 0 Å². The average Bonchev–Trinajstić information content (AvgIpc) is 3.68. The highest BCUT2D eigenvalue weighted by molar-refractivity contribution is 5.22. The van der Waals surface area contributed by atoms with E-state index < -0.39 is 70.1 Å². The van der Waals surface area contributed by atoms with Crippen molar-refractivity contribution in [2.75, 3.05) is 0 Å². The van der Waals surface area contributed by atoms with Gasteiger partial charge in [0, 0.05) is 6.42 Å². The van der Waals surface area contributed by atoms with Gasteiger partial charge in [-0.2, -0.15) is 52.7 Å². The second-order valence-electron chi connectivity index (χ2n) is 22.6. The summed E-state index contributed by atoms with van der Waals surface area (Å²) in [7, 11) is 0. The van der Waals surface area contributed by atoms with E-state index in [1.54, 1.807) is 27.7 Å². The van der Waals surface area contributed by atoms with Crippen molar-refractivity contribution in [3.8, 4) is 11.8 Å². The Morgan fingerprint density at radius 1 is 0.530 bits per heavy atom. The van der Waals surface area contributed by atoms with Gasteiger partial charge in [0.25, 0.3) is 5.60 Å². The lowest BCUT2D eigenvalue weighted by Gasteiger charge is -2.50. The maximum absolute atomic E-state index is 13.1. The minimum absolute atomic E-state index is 0.0127. The molecule has 4 aliphatic rings. The topological polar surface area (TPSA) is 121 Å². The summed E-state index contributed by atoms with van der Waals surface area (Å²) in [6.07, 6.45) is -13.8. The molecular weight excluding hydrogens is 900 g/mol. The summed E-state index contributed by atoms with van der Waals surface area (Å²) in [5.41, 5.74) is -13.8. The van der Waals surface area contributed by atoms with E-state index in [1.165, 1.54) is 0 Å². The van der Waals surface area contributed by atoms with Crippen LogP contribution in [0.15, 0.2) is 12.2 Å². The van der Waals surface area contributed by atoms with Gasteiger partial charge in [-0.1, -0.05) is 65.4 Å². The number of aliphatic hydroxyl groups is 6. The van der Waals surface area contributed by atoms with Crippen molar-refractivity contribution >= 4 is 0 Å². The number of rotatable bonds is 14. The lowest BCUT2D eigenvalue weighted by molar-refractivity contribution is -0.347. The molecule has 2 unspecified atom stereocenters. The van der Waals surface area contributed by atoms with Gasteiger partial charge in [0.2, 0.25) is 0 Å². The molecule has 0 radical (unpaired) electrons. The summed E-state index contributed by atoms with van der Waals surface area (Å²) in [4.78, 5) is 0. The van der Waals surface area contributed by atoms with E-state index in [9.17, 15) is 83.3 Å². The van der Waals surface area contributed by atoms with Crippen molar-refractivity contribution in [3.63, 3.8) is 0 Å². The zero-order chi connectivity index (χ0) is 51.0.